The molecular weight excluding hydrogens is 290 g/mol. The molecule has 0 radical (unpaired) electrons. The molecule has 1 heterocycles. The normalized spacial score (nSPS) is 18.0. The van der Waals surface area contributed by atoms with E-state index in [2.05, 4.69) is 12.6 Å². The quantitative estimate of drug-likeness (QED) is 0.669. The number of hydrogen-bond acceptors (Lipinski definition) is 5. The van der Waals surface area contributed by atoms with Crippen LogP contribution in [0.15, 0.2) is 18.2 Å². The molecule has 1 atom stereocenters. The number of methoxy groups -OCH3 is 1. The highest BCUT2D eigenvalue weighted by Gasteiger charge is 2.32. The first-order valence-electron chi connectivity index (χ1n) is 6.87. The monoisotopic (exact) mass is 309 g/mol. The Balaban J connectivity index is 2.38. The summed E-state index contributed by atoms with van der Waals surface area (Å²) in [4.78, 5) is 25.9. The molecule has 2 rings (SSSR count). The molecule has 1 fully saturated rings. The number of carbonyl (C=O) groups excluding carboxylic acids is 2. The zero-order valence-corrected chi connectivity index (χ0v) is 13.1. The van der Waals surface area contributed by atoms with Gasteiger partial charge in [-0.2, -0.15) is 12.6 Å². The lowest BCUT2D eigenvalue weighted by atomic mass is 10.1. The third-order valence-corrected chi connectivity index (χ3v) is 3.97. The van der Waals surface area contributed by atoms with Gasteiger partial charge >= 0.3 is 5.97 Å². The van der Waals surface area contributed by atoms with E-state index in [0.717, 1.165) is 0 Å². The summed E-state index contributed by atoms with van der Waals surface area (Å²) in [6.45, 7) is 2.60. The maximum Gasteiger partial charge on any atom is 0.340 e. The fourth-order valence-corrected chi connectivity index (χ4v) is 2.63. The second-order valence-corrected chi connectivity index (χ2v) is 5.23. The third kappa shape index (κ3) is 3.32. The molecule has 0 aliphatic carbocycles. The molecule has 0 bridgehead atoms. The SMILES string of the molecule is CCOC(=O)c1cc(OC)ccc1N1CC(CS)CC1=O. The van der Waals surface area contributed by atoms with Crippen molar-refractivity contribution >= 4 is 30.2 Å². The van der Waals surface area contributed by atoms with Crippen LogP contribution < -0.4 is 9.64 Å². The number of rotatable bonds is 5. The second-order valence-electron chi connectivity index (χ2n) is 4.86. The van der Waals surface area contributed by atoms with Gasteiger partial charge in [0.1, 0.15) is 5.75 Å². The number of hydrogen-bond donors (Lipinski definition) is 1. The molecule has 1 unspecified atom stereocenters. The van der Waals surface area contributed by atoms with Crippen LogP contribution in [0.5, 0.6) is 5.75 Å². The van der Waals surface area contributed by atoms with E-state index in [1.807, 2.05) is 0 Å². The molecule has 0 N–H and O–H groups in total. The van der Waals surface area contributed by atoms with Gasteiger partial charge in [-0.25, -0.2) is 4.79 Å². The molecule has 0 aromatic heterocycles. The van der Waals surface area contributed by atoms with Gasteiger partial charge < -0.3 is 14.4 Å². The van der Waals surface area contributed by atoms with Gasteiger partial charge in [-0.05, 0) is 36.8 Å². The number of thiol groups is 1. The molecule has 1 aliphatic heterocycles. The number of benzene rings is 1. The van der Waals surface area contributed by atoms with Crippen molar-refractivity contribution in [1.29, 1.82) is 0 Å². The topological polar surface area (TPSA) is 55.8 Å². The fourth-order valence-electron chi connectivity index (χ4n) is 2.39. The molecule has 1 saturated heterocycles. The number of carbonyl (C=O) groups is 2. The molecule has 21 heavy (non-hydrogen) atoms. The molecule has 114 valence electrons. The van der Waals surface area contributed by atoms with E-state index < -0.39 is 5.97 Å². The van der Waals surface area contributed by atoms with E-state index >= 15 is 0 Å². The average molecular weight is 309 g/mol. The Morgan fingerprint density at radius 3 is 2.81 bits per heavy atom. The number of ether oxygens (including phenoxy) is 2. The molecule has 1 aliphatic rings. The highest BCUT2D eigenvalue weighted by Crippen LogP contribution is 2.31. The summed E-state index contributed by atoms with van der Waals surface area (Å²) in [5.41, 5.74) is 0.924. The summed E-state index contributed by atoms with van der Waals surface area (Å²) in [5, 5.41) is 0. The van der Waals surface area contributed by atoms with Crippen LogP contribution >= 0.6 is 12.6 Å². The largest absolute Gasteiger partial charge is 0.497 e. The molecule has 1 amide bonds. The van der Waals surface area contributed by atoms with Crippen molar-refractivity contribution in [3.8, 4) is 5.75 Å². The number of esters is 1. The van der Waals surface area contributed by atoms with Crippen molar-refractivity contribution in [3.05, 3.63) is 23.8 Å². The highest BCUT2D eigenvalue weighted by molar-refractivity contribution is 7.80. The predicted octanol–water partition coefficient (Wildman–Crippen LogP) is 2.15. The van der Waals surface area contributed by atoms with Crippen LogP contribution in [0.4, 0.5) is 5.69 Å². The Morgan fingerprint density at radius 1 is 1.48 bits per heavy atom. The van der Waals surface area contributed by atoms with Crippen molar-refractivity contribution in [2.45, 2.75) is 13.3 Å². The molecular formula is C15H19NO4S. The first-order valence-corrected chi connectivity index (χ1v) is 7.50. The third-order valence-electron chi connectivity index (χ3n) is 3.45. The molecule has 1 aromatic rings. The van der Waals surface area contributed by atoms with E-state index in [9.17, 15) is 9.59 Å². The van der Waals surface area contributed by atoms with Crippen molar-refractivity contribution in [2.24, 2.45) is 5.92 Å². The highest BCUT2D eigenvalue weighted by atomic mass is 32.1. The minimum Gasteiger partial charge on any atom is -0.497 e. The molecule has 1 aromatic carbocycles. The Morgan fingerprint density at radius 2 is 2.24 bits per heavy atom. The molecule has 5 nitrogen and oxygen atoms in total. The average Bonchev–Trinajstić information content (AvgIpc) is 2.88. The van der Waals surface area contributed by atoms with Gasteiger partial charge in [-0.3, -0.25) is 4.79 Å². The Bertz CT molecular complexity index is 546. The summed E-state index contributed by atoms with van der Waals surface area (Å²) >= 11 is 4.25. The van der Waals surface area contributed by atoms with Crippen molar-refractivity contribution in [1.82, 2.24) is 0 Å². The first-order chi connectivity index (χ1) is 10.1. The van der Waals surface area contributed by atoms with E-state index in [1.165, 1.54) is 7.11 Å². The van der Waals surface area contributed by atoms with Gasteiger partial charge in [-0.15, -0.1) is 0 Å². The Kier molecular flexibility index (Phi) is 5.12. The summed E-state index contributed by atoms with van der Waals surface area (Å²) < 4.78 is 10.2. The van der Waals surface area contributed by atoms with Gasteiger partial charge in [-0.1, -0.05) is 0 Å². The van der Waals surface area contributed by atoms with Crippen LogP contribution in [0.3, 0.4) is 0 Å². The maximum atomic E-state index is 12.1. The Labute approximate surface area is 129 Å². The zero-order valence-electron chi connectivity index (χ0n) is 12.2. The summed E-state index contributed by atoms with van der Waals surface area (Å²) in [5.74, 6) is 0.961. The van der Waals surface area contributed by atoms with E-state index in [1.54, 1.807) is 30.0 Å². The van der Waals surface area contributed by atoms with Gasteiger partial charge in [0.15, 0.2) is 0 Å². The van der Waals surface area contributed by atoms with Crippen LogP contribution in [-0.2, 0) is 9.53 Å². The van der Waals surface area contributed by atoms with Gasteiger partial charge in [0.05, 0.1) is 25.0 Å². The van der Waals surface area contributed by atoms with Crippen LogP contribution in [-0.4, -0.2) is 37.9 Å². The van der Waals surface area contributed by atoms with Crippen LogP contribution in [0.1, 0.15) is 23.7 Å². The van der Waals surface area contributed by atoms with E-state index in [4.69, 9.17) is 9.47 Å². The second kappa shape index (κ2) is 6.85. The molecule has 6 heteroatoms. The molecule has 0 saturated carbocycles. The lowest BCUT2D eigenvalue weighted by molar-refractivity contribution is -0.117. The lowest BCUT2D eigenvalue weighted by Crippen LogP contribution is -2.27. The summed E-state index contributed by atoms with van der Waals surface area (Å²) in [7, 11) is 1.53. The lowest BCUT2D eigenvalue weighted by Gasteiger charge is -2.20. The van der Waals surface area contributed by atoms with Crippen LogP contribution in [0, 0.1) is 5.92 Å². The first kappa shape index (κ1) is 15.7. The Hall–Kier alpha value is -1.69. The maximum absolute atomic E-state index is 12.1. The smallest absolute Gasteiger partial charge is 0.340 e. The minimum atomic E-state index is -0.450. The number of amides is 1. The van der Waals surface area contributed by atoms with Crippen LogP contribution in [0.25, 0.3) is 0 Å². The minimum absolute atomic E-state index is 0.00441. The molecule has 0 spiro atoms. The van der Waals surface area contributed by atoms with Crippen molar-refractivity contribution in [2.75, 3.05) is 30.9 Å². The summed E-state index contributed by atoms with van der Waals surface area (Å²) in [6.07, 6.45) is 0.456. The zero-order chi connectivity index (χ0) is 15.4. The van der Waals surface area contributed by atoms with Crippen molar-refractivity contribution < 1.29 is 19.1 Å². The van der Waals surface area contributed by atoms with Crippen molar-refractivity contribution in [3.63, 3.8) is 0 Å². The number of nitrogens with zero attached hydrogens (tertiary/aromatic N) is 1. The predicted molar refractivity (Wildman–Crippen MR) is 83.3 cm³/mol. The fraction of sp³-hybridized carbons (Fsp3) is 0.467. The van der Waals surface area contributed by atoms with E-state index in [-0.39, 0.29) is 18.4 Å². The van der Waals surface area contributed by atoms with Gasteiger partial charge in [0.2, 0.25) is 5.91 Å². The van der Waals surface area contributed by atoms with E-state index in [0.29, 0.717) is 35.7 Å². The standard InChI is InChI=1S/C15H19NO4S/c1-3-20-15(18)12-7-11(19-2)4-5-13(12)16-8-10(9-21)6-14(16)17/h4-5,7,10,21H,3,6,8-9H2,1-2H3. The van der Waals surface area contributed by atoms with Gasteiger partial charge in [0, 0.05) is 13.0 Å². The number of anilines is 1. The van der Waals surface area contributed by atoms with Crippen LogP contribution in [0.2, 0.25) is 0 Å². The van der Waals surface area contributed by atoms with Gasteiger partial charge in [0.25, 0.3) is 0 Å². The summed E-state index contributed by atoms with van der Waals surface area (Å²) in [6, 6.07) is 5.07.